The van der Waals surface area contributed by atoms with Crippen molar-refractivity contribution < 1.29 is 19.4 Å². The van der Waals surface area contributed by atoms with Crippen LogP contribution in [0.1, 0.15) is 26.3 Å². The van der Waals surface area contributed by atoms with Crippen molar-refractivity contribution in [2.45, 2.75) is 27.2 Å². The summed E-state index contributed by atoms with van der Waals surface area (Å²) in [6.07, 6.45) is 0.508. The Hall–Kier alpha value is -1.55. The second-order valence-electron chi connectivity index (χ2n) is 6.60. The predicted octanol–water partition coefficient (Wildman–Crippen LogP) is 2.76. The predicted molar refractivity (Wildman–Crippen MR) is 76.0 cm³/mol. The summed E-state index contributed by atoms with van der Waals surface area (Å²) in [5, 5.41) is 9.13. The zero-order valence-electron chi connectivity index (χ0n) is 12.3. The van der Waals surface area contributed by atoms with E-state index in [0.29, 0.717) is 13.0 Å². The Morgan fingerprint density at radius 3 is 2.40 bits per heavy atom. The van der Waals surface area contributed by atoms with E-state index in [1.54, 1.807) is 13.8 Å². The zero-order chi connectivity index (χ0) is 14.8. The number of aliphatic carboxylic acids is 1. The van der Waals surface area contributed by atoms with Crippen molar-refractivity contribution >= 4 is 5.97 Å². The van der Waals surface area contributed by atoms with Crippen molar-refractivity contribution in [1.82, 2.24) is 0 Å². The number of carboxylic acids is 1. The van der Waals surface area contributed by atoms with Crippen LogP contribution in [0.15, 0.2) is 24.3 Å². The van der Waals surface area contributed by atoms with Gasteiger partial charge in [0.25, 0.3) is 0 Å². The number of carboxylic acid groups (broad SMARTS) is 1. The van der Waals surface area contributed by atoms with Crippen LogP contribution >= 0.6 is 0 Å². The number of rotatable bonds is 6. The first-order valence-electron chi connectivity index (χ1n) is 6.84. The molecule has 0 bridgehead atoms. The van der Waals surface area contributed by atoms with Crippen LogP contribution in [-0.4, -0.2) is 30.9 Å². The minimum Gasteiger partial charge on any atom is -0.493 e. The minimum atomic E-state index is -0.782. The van der Waals surface area contributed by atoms with E-state index < -0.39 is 11.4 Å². The van der Waals surface area contributed by atoms with Gasteiger partial charge in [-0.25, -0.2) is 0 Å². The molecule has 1 aromatic rings. The standard InChI is InChI=1S/C16H22O4/c1-15(2,14(17)18)8-12-4-6-13(7-5-12)20-11-16(3)9-19-10-16/h4-7H,8-11H2,1-3H3,(H,17,18). The molecule has 1 aromatic carbocycles. The summed E-state index contributed by atoms with van der Waals surface area (Å²) in [5.74, 6) is 0.0331. The summed E-state index contributed by atoms with van der Waals surface area (Å²) in [4.78, 5) is 11.1. The third kappa shape index (κ3) is 3.51. The fourth-order valence-electron chi connectivity index (χ4n) is 2.08. The van der Waals surface area contributed by atoms with Crippen LogP contribution in [0.25, 0.3) is 0 Å². The van der Waals surface area contributed by atoms with Crippen molar-refractivity contribution in [3.8, 4) is 5.75 Å². The normalized spacial score (nSPS) is 17.4. The van der Waals surface area contributed by atoms with Crippen molar-refractivity contribution in [2.75, 3.05) is 19.8 Å². The minimum absolute atomic E-state index is 0.129. The van der Waals surface area contributed by atoms with E-state index in [1.165, 1.54) is 0 Å². The van der Waals surface area contributed by atoms with Gasteiger partial charge in [-0.05, 0) is 38.0 Å². The van der Waals surface area contributed by atoms with Gasteiger partial charge in [-0.1, -0.05) is 19.1 Å². The fourth-order valence-corrected chi connectivity index (χ4v) is 2.08. The van der Waals surface area contributed by atoms with Crippen molar-refractivity contribution in [2.24, 2.45) is 10.8 Å². The summed E-state index contributed by atoms with van der Waals surface area (Å²) in [6, 6.07) is 7.66. The lowest BCUT2D eigenvalue weighted by molar-refractivity contribution is -0.146. The Morgan fingerprint density at radius 1 is 1.35 bits per heavy atom. The molecule has 0 saturated carbocycles. The SMILES string of the molecule is CC1(COc2ccc(CC(C)(C)C(=O)O)cc2)COC1. The van der Waals surface area contributed by atoms with Gasteiger partial charge in [0, 0.05) is 5.41 Å². The first kappa shape index (κ1) is 14.9. The van der Waals surface area contributed by atoms with E-state index in [-0.39, 0.29) is 5.41 Å². The Morgan fingerprint density at radius 2 is 1.95 bits per heavy atom. The lowest BCUT2D eigenvalue weighted by atomic mass is 9.86. The Labute approximate surface area is 119 Å². The van der Waals surface area contributed by atoms with Gasteiger partial charge in [0.1, 0.15) is 5.75 Å². The maximum Gasteiger partial charge on any atom is 0.309 e. The van der Waals surface area contributed by atoms with Gasteiger partial charge in [0.15, 0.2) is 0 Å². The molecular formula is C16H22O4. The van der Waals surface area contributed by atoms with E-state index in [1.807, 2.05) is 24.3 Å². The molecule has 1 heterocycles. The quantitative estimate of drug-likeness (QED) is 0.869. The summed E-state index contributed by atoms with van der Waals surface area (Å²) in [5.41, 5.74) is 0.381. The average molecular weight is 278 g/mol. The molecule has 1 fully saturated rings. The van der Waals surface area contributed by atoms with Crippen LogP contribution in [-0.2, 0) is 16.0 Å². The highest BCUT2D eigenvalue weighted by atomic mass is 16.5. The van der Waals surface area contributed by atoms with E-state index in [0.717, 1.165) is 24.5 Å². The second-order valence-corrected chi connectivity index (χ2v) is 6.60. The first-order valence-corrected chi connectivity index (χ1v) is 6.84. The maximum absolute atomic E-state index is 11.1. The molecule has 0 aliphatic carbocycles. The molecule has 1 aliphatic heterocycles. The van der Waals surface area contributed by atoms with Crippen LogP contribution in [0, 0.1) is 10.8 Å². The van der Waals surface area contributed by atoms with Gasteiger partial charge in [-0.15, -0.1) is 0 Å². The topological polar surface area (TPSA) is 55.8 Å². The molecule has 1 N–H and O–H groups in total. The molecule has 2 rings (SSSR count). The first-order chi connectivity index (χ1) is 9.31. The molecule has 0 spiro atoms. The maximum atomic E-state index is 11.1. The molecule has 4 heteroatoms. The molecule has 0 aromatic heterocycles. The molecule has 4 nitrogen and oxygen atoms in total. The highest BCUT2D eigenvalue weighted by molar-refractivity contribution is 5.74. The molecule has 110 valence electrons. The Bertz CT molecular complexity index is 472. The van der Waals surface area contributed by atoms with Gasteiger partial charge in [0.2, 0.25) is 0 Å². The summed E-state index contributed by atoms with van der Waals surface area (Å²) in [7, 11) is 0. The average Bonchev–Trinajstić information content (AvgIpc) is 2.35. The number of benzene rings is 1. The van der Waals surface area contributed by atoms with E-state index in [4.69, 9.17) is 14.6 Å². The third-order valence-electron chi connectivity index (χ3n) is 3.64. The largest absolute Gasteiger partial charge is 0.493 e. The van der Waals surface area contributed by atoms with E-state index in [2.05, 4.69) is 6.92 Å². The van der Waals surface area contributed by atoms with Gasteiger partial charge in [-0.2, -0.15) is 0 Å². The van der Waals surface area contributed by atoms with Crippen molar-refractivity contribution in [3.63, 3.8) is 0 Å². The highest BCUT2D eigenvalue weighted by Gasteiger charge is 2.34. The smallest absolute Gasteiger partial charge is 0.309 e. The summed E-state index contributed by atoms with van der Waals surface area (Å²) < 4.78 is 10.9. The monoisotopic (exact) mass is 278 g/mol. The van der Waals surface area contributed by atoms with Gasteiger partial charge < -0.3 is 14.6 Å². The molecule has 0 unspecified atom stereocenters. The van der Waals surface area contributed by atoms with Gasteiger partial charge in [0.05, 0.1) is 25.2 Å². The molecular weight excluding hydrogens is 256 g/mol. The number of carbonyl (C=O) groups is 1. The summed E-state index contributed by atoms with van der Waals surface area (Å²) in [6.45, 7) is 7.75. The molecule has 1 aliphatic rings. The lowest BCUT2D eigenvalue weighted by Crippen LogP contribution is -2.44. The summed E-state index contributed by atoms with van der Waals surface area (Å²) >= 11 is 0. The van der Waals surface area contributed by atoms with E-state index in [9.17, 15) is 4.79 Å². The van der Waals surface area contributed by atoms with Crippen molar-refractivity contribution in [1.29, 1.82) is 0 Å². The van der Waals surface area contributed by atoms with Crippen LogP contribution in [0.2, 0.25) is 0 Å². The van der Waals surface area contributed by atoms with Gasteiger partial charge in [-0.3, -0.25) is 4.79 Å². The third-order valence-corrected chi connectivity index (χ3v) is 3.64. The number of hydrogen-bond acceptors (Lipinski definition) is 3. The number of hydrogen-bond donors (Lipinski definition) is 1. The zero-order valence-corrected chi connectivity index (χ0v) is 12.3. The van der Waals surface area contributed by atoms with Crippen molar-refractivity contribution in [3.05, 3.63) is 29.8 Å². The molecule has 0 amide bonds. The van der Waals surface area contributed by atoms with Crippen LogP contribution in [0.3, 0.4) is 0 Å². The van der Waals surface area contributed by atoms with Crippen LogP contribution in [0.4, 0.5) is 0 Å². The second kappa shape index (κ2) is 5.44. The molecule has 1 saturated heterocycles. The highest BCUT2D eigenvalue weighted by Crippen LogP contribution is 2.28. The fraction of sp³-hybridized carbons (Fsp3) is 0.562. The Balaban J connectivity index is 1.91. The molecule has 20 heavy (non-hydrogen) atoms. The Kier molecular flexibility index (Phi) is 4.04. The van der Waals surface area contributed by atoms with Crippen LogP contribution in [0.5, 0.6) is 5.75 Å². The van der Waals surface area contributed by atoms with Gasteiger partial charge >= 0.3 is 5.97 Å². The lowest BCUT2D eigenvalue weighted by Gasteiger charge is -2.37. The molecule has 0 atom stereocenters. The van der Waals surface area contributed by atoms with Crippen LogP contribution < -0.4 is 4.74 Å². The van der Waals surface area contributed by atoms with E-state index >= 15 is 0 Å². The number of ether oxygens (including phenoxy) is 2. The molecule has 0 radical (unpaired) electrons.